The first-order valence-corrected chi connectivity index (χ1v) is 11.3. The van der Waals surface area contributed by atoms with Crippen molar-refractivity contribution in [2.45, 2.75) is 46.1 Å². The van der Waals surface area contributed by atoms with Gasteiger partial charge in [-0.2, -0.15) is 0 Å². The summed E-state index contributed by atoms with van der Waals surface area (Å²) in [6, 6.07) is 12.6. The average molecular weight is 466 g/mol. The van der Waals surface area contributed by atoms with Crippen molar-refractivity contribution in [3.63, 3.8) is 0 Å². The molecule has 1 fully saturated rings. The van der Waals surface area contributed by atoms with E-state index in [4.69, 9.17) is 9.26 Å². The van der Waals surface area contributed by atoms with Crippen LogP contribution in [0.2, 0.25) is 0 Å². The van der Waals surface area contributed by atoms with Crippen LogP contribution in [0.3, 0.4) is 0 Å². The summed E-state index contributed by atoms with van der Waals surface area (Å²) in [7, 11) is 0. The van der Waals surface area contributed by atoms with E-state index in [1.807, 2.05) is 38.1 Å². The van der Waals surface area contributed by atoms with Crippen LogP contribution in [0, 0.1) is 19.7 Å². The summed E-state index contributed by atoms with van der Waals surface area (Å²) in [5.74, 6) is 0.260. The summed E-state index contributed by atoms with van der Waals surface area (Å²) in [6.07, 6.45) is 1.76. The van der Waals surface area contributed by atoms with E-state index in [0.717, 1.165) is 36.3 Å². The summed E-state index contributed by atoms with van der Waals surface area (Å²) in [6.45, 7) is 5.76. The van der Waals surface area contributed by atoms with Crippen molar-refractivity contribution in [3.8, 4) is 11.1 Å². The minimum absolute atomic E-state index is 0.198. The first-order chi connectivity index (χ1) is 16.3. The maximum atomic E-state index is 15.0. The molecule has 1 saturated heterocycles. The van der Waals surface area contributed by atoms with Gasteiger partial charge in [0.1, 0.15) is 17.7 Å². The second kappa shape index (κ2) is 10.1. The second-order valence-electron chi connectivity index (χ2n) is 8.57. The minimum Gasteiger partial charge on any atom is -0.442 e. The molecule has 0 bridgehead atoms. The van der Waals surface area contributed by atoms with Gasteiger partial charge in [0.15, 0.2) is 0 Å². The lowest BCUT2D eigenvalue weighted by molar-refractivity contribution is -0.119. The Bertz CT molecular complexity index is 1170. The molecular formula is C26H28FN3O4. The number of rotatable bonds is 8. The zero-order valence-electron chi connectivity index (χ0n) is 19.6. The van der Waals surface area contributed by atoms with Gasteiger partial charge in [-0.15, -0.1) is 0 Å². The minimum atomic E-state index is -0.552. The molecular weight excluding hydrogens is 437 g/mol. The molecule has 7 nitrogen and oxygen atoms in total. The van der Waals surface area contributed by atoms with Crippen LogP contribution in [0.15, 0.2) is 47.0 Å². The number of anilines is 1. The molecule has 2 aromatic carbocycles. The van der Waals surface area contributed by atoms with Gasteiger partial charge in [0.2, 0.25) is 5.91 Å². The molecule has 178 valence electrons. The molecule has 0 radical (unpaired) electrons. The molecule has 34 heavy (non-hydrogen) atoms. The highest BCUT2D eigenvalue weighted by molar-refractivity contribution is 5.90. The molecule has 2 heterocycles. The normalized spacial score (nSPS) is 15.5. The summed E-state index contributed by atoms with van der Waals surface area (Å²) in [5.41, 5.74) is 4.95. The number of cyclic esters (lactones) is 1. The highest BCUT2D eigenvalue weighted by atomic mass is 19.1. The van der Waals surface area contributed by atoms with E-state index < -0.39 is 18.0 Å². The van der Waals surface area contributed by atoms with Gasteiger partial charge < -0.3 is 14.6 Å². The predicted molar refractivity (Wildman–Crippen MR) is 126 cm³/mol. The van der Waals surface area contributed by atoms with Crippen molar-refractivity contribution in [2.24, 2.45) is 0 Å². The monoisotopic (exact) mass is 465 g/mol. The molecule has 1 atom stereocenters. The highest BCUT2D eigenvalue weighted by Gasteiger charge is 2.32. The van der Waals surface area contributed by atoms with Crippen molar-refractivity contribution in [2.75, 3.05) is 18.0 Å². The van der Waals surface area contributed by atoms with Gasteiger partial charge in [0.25, 0.3) is 0 Å². The molecule has 1 aliphatic heterocycles. The Hall–Kier alpha value is -3.68. The van der Waals surface area contributed by atoms with Crippen LogP contribution in [0.25, 0.3) is 11.1 Å². The van der Waals surface area contributed by atoms with Crippen molar-refractivity contribution in [3.05, 3.63) is 70.9 Å². The van der Waals surface area contributed by atoms with Gasteiger partial charge in [0, 0.05) is 18.1 Å². The zero-order valence-corrected chi connectivity index (χ0v) is 19.6. The van der Waals surface area contributed by atoms with Crippen LogP contribution in [-0.2, 0) is 22.4 Å². The number of carbonyl (C=O) groups excluding carboxylic acids is 2. The Kier molecular flexibility index (Phi) is 6.95. The summed E-state index contributed by atoms with van der Waals surface area (Å²) in [5, 5.41) is 6.62. The molecule has 0 spiro atoms. The van der Waals surface area contributed by atoms with E-state index in [-0.39, 0.29) is 19.0 Å². The lowest BCUT2D eigenvalue weighted by Crippen LogP contribution is -2.33. The molecule has 2 amide bonds. The van der Waals surface area contributed by atoms with Crippen LogP contribution in [-0.4, -0.2) is 36.4 Å². The fourth-order valence-electron chi connectivity index (χ4n) is 4.18. The van der Waals surface area contributed by atoms with Crippen LogP contribution in [0.1, 0.15) is 35.9 Å². The van der Waals surface area contributed by atoms with Crippen molar-refractivity contribution in [1.29, 1.82) is 0 Å². The number of aryl methyl sites for hydroxylation is 3. The van der Waals surface area contributed by atoms with Gasteiger partial charge in [0.05, 0.1) is 24.5 Å². The Balaban J connectivity index is 1.38. The van der Waals surface area contributed by atoms with Gasteiger partial charge in [-0.25, -0.2) is 9.18 Å². The van der Waals surface area contributed by atoms with E-state index >= 15 is 0 Å². The molecule has 4 rings (SSSR count). The lowest BCUT2D eigenvalue weighted by atomic mass is 9.99. The molecule has 0 unspecified atom stereocenters. The number of nitrogens with zero attached hydrogens (tertiary/aromatic N) is 2. The summed E-state index contributed by atoms with van der Waals surface area (Å²) in [4.78, 5) is 24.6. The Morgan fingerprint density at radius 3 is 2.59 bits per heavy atom. The number of hydrogen-bond donors (Lipinski definition) is 1. The van der Waals surface area contributed by atoms with Crippen LogP contribution >= 0.6 is 0 Å². The largest absolute Gasteiger partial charge is 0.442 e. The number of ether oxygens (including phenoxy) is 1. The van der Waals surface area contributed by atoms with Crippen molar-refractivity contribution in [1.82, 2.24) is 10.5 Å². The van der Waals surface area contributed by atoms with Crippen LogP contribution < -0.4 is 10.2 Å². The summed E-state index contributed by atoms with van der Waals surface area (Å²) < 4.78 is 25.4. The first-order valence-electron chi connectivity index (χ1n) is 11.3. The molecule has 8 heteroatoms. The lowest BCUT2D eigenvalue weighted by Gasteiger charge is -2.15. The predicted octanol–water partition coefficient (Wildman–Crippen LogP) is 4.73. The van der Waals surface area contributed by atoms with E-state index in [9.17, 15) is 14.0 Å². The third-order valence-corrected chi connectivity index (χ3v) is 6.06. The summed E-state index contributed by atoms with van der Waals surface area (Å²) >= 11 is 0. The second-order valence-corrected chi connectivity index (χ2v) is 8.57. The topological polar surface area (TPSA) is 84.7 Å². The van der Waals surface area contributed by atoms with Gasteiger partial charge in [-0.3, -0.25) is 9.69 Å². The number of nitrogens with one attached hydrogen (secondary N) is 1. The Morgan fingerprint density at radius 1 is 1.18 bits per heavy atom. The molecule has 1 N–H and O–H groups in total. The molecule has 1 aromatic heterocycles. The standard InChI is InChI=1S/C26H28FN3O4/c1-16-23(17(2)34-29-16)6-4-5-19-7-9-20(10-8-19)24-12-11-21(13-25(24)27)30-15-22(33-26(30)32)14-28-18(3)31/h7-13,22H,4-6,14-15H2,1-3H3,(H,28,31)/t22-/m0/s1. The third kappa shape index (κ3) is 5.27. The van der Waals surface area contributed by atoms with Crippen molar-refractivity contribution >= 4 is 17.7 Å². The van der Waals surface area contributed by atoms with Gasteiger partial charge in [-0.1, -0.05) is 29.4 Å². The van der Waals surface area contributed by atoms with Crippen LogP contribution in [0.5, 0.6) is 0 Å². The molecule has 0 saturated carbocycles. The van der Waals surface area contributed by atoms with Gasteiger partial charge in [-0.05, 0) is 62.4 Å². The van der Waals surface area contributed by atoms with E-state index in [1.165, 1.54) is 29.0 Å². The van der Waals surface area contributed by atoms with Crippen molar-refractivity contribution < 1.29 is 23.2 Å². The zero-order chi connectivity index (χ0) is 24.2. The van der Waals surface area contributed by atoms with E-state index in [2.05, 4.69) is 10.5 Å². The number of amides is 2. The third-order valence-electron chi connectivity index (χ3n) is 6.06. The fraction of sp³-hybridized carbons (Fsp3) is 0.346. The number of carbonyl (C=O) groups is 2. The Morgan fingerprint density at radius 2 is 1.94 bits per heavy atom. The van der Waals surface area contributed by atoms with E-state index in [0.29, 0.717) is 11.3 Å². The van der Waals surface area contributed by atoms with Crippen LogP contribution in [0.4, 0.5) is 14.9 Å². The smallest absolute Gasteiger partial charge is 0.414 e. The van der Waals surface area contributed by atoms with Gasteiger partial charge >= 0.3 is 6.09 Å². The fourth-order valence-corrected chi connectivity index (χ4v) is 4.18. The highest BCUT2D eigenvalue weighted by Crippen LogP contribution is 2.29. The number of aromatic nitrogens is 1. The Labute approximate surface area is 197 Å². The maximum absolute atomic E-state index is 15.0. The SMILES string of the molecule is CC(=O)NC[C@H]1CN(c2ccc(-c3ccc(CCCc4c(C)noc4C)cc3)c(F)c2)C(=O)O1. The molecule has 0 aliphatic carbocycles. The molecule has 3 aromatic rings. The average Bonchev–Trinajstić information content (AvgIpc) is 3.34. The first kappa shape index (κ1) is 23.5. The number of hydrogen-bond acceptors (Lipinski definition) is 5. The molecule has 1 aliphatic rings. The number of benzene rings is 2. The quantitative estimate of drug-likeness (QED) is 0.520. The van der Waals surface area contributed by atoms with E-state index in [1.54, 1.807) is 12.1 Å². The maximum Gasteiger partial charge on any atom is 0.414 e. The number of halogens is 1.